The second-order valence-electron chi connectivity index (χ2n) is 8.51. The van der Waals surface area contributed by atoms with Gasteiger partial charge in [0.2, 0.25) is 0 Å². The number of nitrogens with one attached hydrogen (secondary N) is 2. The molecule has 3 aliphatic rings. The van der Waals surface area contributed by atoms with Crippen LogP contribution >= 0.6 is 0 Å². The van der Waals surface area contributed by atoms with Gasteiger partial charge in [-0.3, -0.25) is 9.69 Å². The number of nitrogens with zero attached hydrogens (tertiary/aromatic N) is 2. The molecule has 0 unspecified atom stereocenters. The second kappa shape index (κ2) is 7.61. The Balaban J connectivity index is 1.66. The third-order valence-corrected chi connectivity index (χ3v) is 6.85. The first-order valence-electron chi connectivity index (χ1n) is 10.9. The van der Waals surface area contributed by atoms with Gasteiger partial charge in [-0.1, -0.05) is 19.1 Å². The van der Waals surface area contributed by atoms with Crippen molar-refractivity contribution in [2.45, 2.75) is 63.6 Å². The first kappa shape index (κ1) is 20.2. The highest BCUT2D eigenvalue weighted by Crippen LogP contribution is 2.52. The van der Waals surface area contributed by atoms with Gasteiger partial charge in [0.05, 0.1) is 0 Å². The molecule has 0 spiro atoms. The number of rotatable bonds is 5. The minimum atomic E-state index is -1.45. The zero-order valence-corrected chi connectivity index (χ0v) is 17.6. The highest BCUT2D eigenvalue weighted by Gasteiger charge is 2.55. The van der Waals surface area contributed by atoms with Gasteiger partial charge in [0.1, 0.15) is 0 Å². The van der Waals surface area contributed by atoms with Gasteiger partial charge in [-0.05, 0) is 44.9 Å². The van der Waals surface area contributed by atoms with Crippen LogP contribution < -0.4 is 10.6 Å². The topological polar surface area (TPSA) is 84.9 Å². The summed E-state index contributed by atoms with van der Waals surface area (Å²) in [5.41, 5.74) is 1.07. The average molecular weight is 401 g/mol. The van der Waals surface area contributed by atoms with Crippen LogP contribution in [0.1, 0.15) is 57.1 Å². The molecule has 158 valence electrons. The molecular weight excluding hydrogens is 368 g/mol. The predicted molar refractivity (Wildman–Crippen MR) is 112 cm³/mol. The maximum Gasteiger partial charge on any atom is 0.317 e. The van der Waals surface area contributed by atoms with Gasteiger partial charge in [-0.2, -0.15) is 0 Å². The van der Waals surface area contributed by atoms with Gasteiger partial charge >= 0.3 is 6.03 Å². The molecule has 29 heavy (non-hydrogen) atoms. The van der Waals surface area contributed by atoms with E-state index in [0.29, 0.717) is 19.5 Å². The largest absolute Gasteiger partial charge is 0.375 e. The summed E-state index contributed by atoms with van der Waals surface area (Å²) >= 11 is 0. The molecule has 0 aromatic heterocycles. The Bertz CT molecular complexity index is 809. The van der Waals surface area contributed by atoms with Gasteiger partial charge < -0.3 is 20.6 Å². The molecule has 1 aromatic carbocycles. The summed E-state index contributed by atoms with van der Waals surface area (Å²) in [4.78, 5) is 29.4. The lowest BCUT2D eigenvalue weighted by atomic mass is 9.67. The van der Waals surface area contributed by atoms with E-state index in [-0.39, 0.29) is 29.9 Å². The van der Waals surface area contributed by atoms with E-state index < -0.39 is 5.60 Å². The number of amides is 3. The van der Waals surface area contributed by atoms with Crippen LogP contribution in [0.2, 0.25) is 0 Å². The molecule has 0 bridgehead atoms. The monoisotopic (exact) mass is 400 g/mol. The lowest BCUT2D eigenvalue weighted by Gasteiger charge is -2.50. The minimum absolute atomic E-state index is 0.0163. The van der Waals surface area contributed by atoms with Gasteiger partial charge in [0, 0.05) is 55.3 Å². The molecular formula is C22H32N4O3. The molecule has 0 saturated carbocycles. The van der Waals surface area contributed by atoms with Crippen LogP contribution in [0.15, 0.2) is 18.2 Å². The molecule has 3 amide bonds. The number of piperidine rings is 1. The van der Waals surface area contributed by atoms with Crippen molar-refractivity contribution in [3.05, 3.63) is 29.3 Å². The maximum absolute atomic E-state index is 12.7. The van der Waals surface area contributed by atoms with E-state index in [2.05, 4.69) is 22.5 Å². The Kier molecular flexibility index (Phi) is 5.29. The fourth-order valence-electron chi connectivity index (χ4n) is 5.52. The molecule has 2 heterocycles. The summed E-state index contributed by atoms with van der Waals surface area (Å²) in [5, 5.41) is 17.4. The fraction of sp³-hybridized carbons (Fsp3) is 0.636. The molecule has 7 nitrogen and oxygen atoms in total. The van der Waals surface area contributed by atoms with E-state index in [1.165, 1.54) is 0 Å². The van der Waals surface area contributed by atoms with Crippen molar-refractivity contribution in [3.8, 4) is 0 Å². The number of likely N-dealkylation sites (tertiary alicyclic amines) is 1. The molecule has 3 N–H and O–H groups in total. The van der Waals surface area contributed by atoms with E-state index in [4.69, 9.17) is 0 Å². The van der Waals surface area contributed by atoms with Crippen molar-refractivity contribution in [1.29, 1.82) is 0 Å². The number of aliphatic hydroxyl groups is 1. The summed E-state index contributed by atoms with van der Waals surface area (Å²) in [7, 11) is 0. The van der Waals surface area contributed by atoms with Crippen LogP contribution in [-0.2, 0) is 10.4 Å². The minimum Gasteiger partial charge on any atom is -0.375 e. The summed E-state index contributed by atoms with van der Waals surface area (Å²) in [6.07, 6.45) is 2.21. The highest BCUT2D eigenvalue weighted by molar-refractivity contribution is 6.05. The third kappa shape index (κ3) is 3.20. The van der Waals surface area contributed by atoms with Crippen LogP contribution in [0, 0.1) is 0 Å². The van der Waals surface area contributed by atoms with Crippen LogP contribution in [-0.4, -0.2) is 65.1 Å². The number of carbonyl (C=O) groups excluding carboxylic acids is 2. The molecule has 1 aliphatic carbocycles. The number of anilines is 1. The molecule has 1 fully saturated rings. The number of hydrogen-bond acceptors (Lipinski definition) is 4. The quantitative estimate of drug-likeness (QED) is 0.708. The number of fused-ring (bicyclic) bond motifs is 2. The van der Waals surface area contributed by atoms with Gasteiger partial charge in [0.25, 0.3) is 5.91 Å². The summed E-state index contributed by atoms with van der Waals surface area (Å²) in [6.45, 7) is 9.12. The van der Waals surface area contributed by atoms with Gasteiger partial charge in [-0.15, -0.1) is 0 Å². The molecule has 2 aliphatic heterocycles. The van der Waals surface area contributed by atoms with Crippen molar-refractivity contribution in [3.63, 3.8) is 0 Å². The molecule has 1 saturated heterocycles. The first-order chi connectivity index (χ1) is 13.9. The summed E-state index contributed by atoms with van der Waals surface area (Å²) in [5.74, 6) is -0.132. The van der Waals surface area contributed by atoms with Gasteiger partial charge in [0.15, 0.2) is 5.60 Å². The molecule has 1 aromatic rings. The normalized spacial score (nSPS) is 30.3. The SMILES string of the molecule is CCCN1C[C@@H](NC(=O)N(CC)CC)C[C@@H]2c3cccc4c3[C@](O)(C[C@H]21)C(=O)N4. The van der Waals surface area contributed by atoms with Crippen LogP contribution in [0.3, 0.4) is 0 Å². The van der Waals surface area contributed by atoms with E-state index in [9.17, 15) is 14.7 Å². The second-order valence-corrected chi connectivity index (χ2v) is 8.51. The smallest absolute Gasteiger partial charge is 0.317 e. The van der Waals surface area contributed by atoms with Crippen molar-refractivity contribution in [2.24, 2.45) is 0 Å². The maximum atomic E-state index is 12.7. The summed E-state index contributed by atoms with van der Waals surface area (Å²) < 4.78 is 0. The Labute approximate surface area is 172 Å². The Hall–Kier alpha value is -2.12. The first-order valence-corrected chi connectivity index (χ1v) is 10.9. The van der Waals surface area contributed by atoms with Crippen LogP contribution in [0.25, 0.3) is 0 Å². The Morgan fingerprint density at radius 2 is 2.10 bits per heavy atom. The van der Waals surface area contributed by atoms with Crippen molar-refractivity contribution in [1.82, 2.24) is 15.1 Å². The van der Waals surface area contributed by atoms with Crippen molar-refractivity contribution in [2.75, 3.05) is 31.5 Å². The number of carbonyl (C=O) groups is 2. The fourth-order valence-corrected chi connectivity index (χ4v) is 5.52. The van der Waals surface area contributed by atoms with Crippen LogP contribution in [0.5, 0.6) is 0 Å². The molecule has 0 radical (unpaired) electrons. The molecule has 7 heteroatoms. The Morgan fingerprint density at radius 1 is 1.34 bits per heavy atom. The van der Waals surface area contributed by atoms with Crippen molar-refractivity contribution < 1.29 is 14.7 Å². The van der Waals surface area contributed by atoms with Crippen molar-refractivity contribution >= 4 is 17.6 Å². The molecule has 4 rings (SSSR count). The summed E-state index contributed by atoms with van der Waals surface area (Å²) in [6, 6.07) is 5.97. The lowest BCUT2D eigenvalue weighted by molar-refractivity contribution is -0.138. The third-order valence-electron chi connectivity index (χ3n) is 6.85. The van der Waals surface area contributed by atoms with Crippen LogP contribution in [0.4, 0.5) is 10.5 Å². The van der Waals surface area contributed by atoms with E-state index >= 15 is 0 Å². The number of benzene rings is 1. The average Bonchev–Trinajstić information content (AvgIpc) is 2.95. The molecule has 4 atom stereocenters. The Morgan fingerprint density at radius 3 is 2.79 bits per heavy atom. The lowest BCUT2D eigenvalue weighted by Crippen LogP contribution is -2.60. The number of urea groups is 1. The zero-order valence-electron chi connectivity index (χ0n) is 17.6. The van der Waals surface area contributed by atoms with Gasteiger partial charge in [-0.25, -0.2) is 4.79 Å². The predicted octanol–water partition coefficient (Wildman–Crippen LogP) is 2.22. The van der Waals surface area contributed by atoms with E-state index in [0.717, 1.165) is 42.7 Å². The van der Waals surface area contributed by atoms with E-state index in [1.807, 2.05) is 32.0 Å². The highest BCUT2D eigenvalue weighted by atomic mass is 16.3. The van der Waals surface area contributed by atoms with E-state index in [1.54, 1.807) is 4.90 Å². The zero-order chi connectivity index (χ0) is 20.8. The standard InChI is InChI=1S/C22H32N4O3/c1-4-10-26-13-14(23-21(28)25(5-2)6-3)11-16-15-8-7-9-17-19(15)22(29,12-18(16)26)20(27)24-17/h7-9,14,16,18,29H,4-6,10-13H2,1-3H3,(H,23,28)(H,24,27)/t14-,16+,18+,22+/m0/s1. The number of hydrogen-bond donors (Lipinski definition) is 3.